The highest BCUT2D eigenvalue weighted by Crippen LogP contribution is 2.43. The maximum absolute atomic E-state index is 2.39. The zero-order valence-corrected chi connectivity index (χ0v) is 30.4. The zero-order chi connectivity index (χ0) is 35.8. The second-order valence-electron chi connectivity index (χ2n) is 13.7. The van der Waals surface area contributed by atoms with E-state index in [1.165, 1.54) is 75.5 Å². The van der Waals surface area contributed by atoms with Crippen molar-refractivity contribution in [3.63, 3.8) is 0 Å². The average molecular weight is 706 g/mol. The molecule has 0 aliphatic carbocycles. The van der Waals surface area contributed by atoms with Gasteiger partial charge in [0.25, 0.3) is 0 Å². The summed E-state index contributed by atoms with van der Waals surface area (Å²) in [6.45, 7) is 0. The van der Waals surface area contributed by atoms with Gasteiger partial charge in [-0.3, -0.25) is 0 Å². The van der Waals surface area contributed by atoms with E-state index in [2.05, 4.69) is 217 Å². The number of benzene rings is 9. The predicted octanol–water partition coefficient (Wildman–Crippen LogP) is 15.3. The number of thiophene rings is 1. The third kappa shape index (κ3) is 5.84. The van der Waals surface area contributed by atoms with Gasteiger partial charge in [0.15, 0.2) is 0 Å². The number of hydrogen-bond acceptors (Lipinski definition) is 2. The van der Waals surface area contributed by atoms with E-state index in [4.69, 9.17) is 0 Å². The number of nitrogens with zero attached hydrogens (tertiary/aromatic N) is 1. The van der Waals surface area contributed by atoms with Crippen LogP contribution in [0.5, 0.6) is 0 Å². The van der Waals surface area contributed by atoms with Gasteiger partial charge in [-0.25, -0.2) is 0 Å². The Bertz CT molecular complexity index is 2890. The zero-order valence-electron chi connectivity index (χ0n) is 29.6. The van der Waals surface area contributed by atoms with Crippen LogP contribution in [-0.2, 0) is 0 Å². The molecule has 0 fully saturated rings. The van der Waals surface area contributed by atoms with Crippen molar-refractivity contribution in [2.75, 3.05) is 4.90 Å². The van der Waals surface area contributed by atoms with Crippen LogP contribution in [0.1, 0.15) is 0 Å². The van der Waals surface area contributed by atoms with E-state index >= 15 is 0 Å². The molecule has 1 aromatic heterocycles. The smallest absolute Gasteiger partial charge is 0.0540 e. The molecule has 10 aromatic rings. The minimum absolute atomic E-state index is 1.11. The number of hydrogen-bond donors (Lipinski definition) is 0. The highest BCUT2D eigenvalue weighted by molar-refractivity contribution is 7.26. The maximum Gasteiger partial charge on any atom is 0.0540 e. The third-order valence-corrected chi connectivity index (χ3v) is 11.7. The summed E-state index contributed by atoms with van der Waals surface area (Å²) in [7, 11) is 0. The van der Waals surface area contributed by atoms with Gasteiger partial charge in [0.1, 0.15) is 0 Å². The van der Waals surface area contributed by atoms with Gasteiger partial charge in [0.05, 0.1) is 5.69 Å². The van der Waals surface area contributed by atoms with Gasteiger partial charge < -0.3 is 4.90 Å². The summed E-state index contributed by atoms with van der Waals surface area (Å²) in [5, 5.41) is 5.27. The van der Waals surface area contributed by atoms with E-state index in [0.29, 0.717) is 0 Å². The summed E-state index contributed by atoms with van der Waals surface area (Å²) in [6, 6.07) is 77.0. The van der Waals surface area contributed by atoms with Gasteiger partial charge in [-0.1, -0.05) is 176 Å². The maximum atomic E-state index is 2.39. The Morgan fingerprint density at radius 1 is 0.315 bits per heavy atom. The number of anilines is 3. The highest BCUT2D eigenvalue weighted by atomic mass is 32.1. The van der Waals surface area contributed by atoms with Crippen molar-refractivity contribution >= 4 is 59.3 Å². The quantitative estimate of drug-likeness (QED) is 0.160. The highest BCUT2D eigenvalue weighted by Gasteiger charge is 2.18. The Morgan fingerprint density at radius 3 is 1.46 bits per heavy atom. The molecule has 9 aromatic carbocycles. The molecule has 0 spiro atoms. The largest absolute Gasteiger partial charge is 0.310 e. The molecule has 1 heterocycles. The van der Waals surface area contributed by atoms with Crippen LogP contribution in [0.25, 0.3) is 75.5 Å². The minimum Gasteiger partial charge on any atom is -0.310 e. The van der Waals surface area contributed by atoms with E-state index in [-0.39, 0.29) is 0 Å². The molecule has 0 N–H and O–H groups in total. The second-order valence-corrected chi connectivity index (χ2v) is 14.8. The lowest BCUT2D eigenvalue weighted by Gasteiger charge is -2.28. The van der Waals surface area contributed by atoms with E-state index in [1.807, 2.05) is 11.3 Å². The Morgan fingerprint density at radius 2 is 0.796 bits per heavy atom. The van der Waals surface area contributed by atoms with Gasteiger partial charge in [-0.05, 0) is 86.1 Å². The lowest BCUT2D eigenvalue weighted by molar-refractivity contribution is 1.28. The standard InChI is InChI=1S/C52H35NS/c1-3-11-36(12-4-1)38-19-21-42(22-20-38)46-16-9-10-18-50(46)53(44-29-23-39(24-30-44)37-13-5-2-6-14-37)45-31-25-40(26-32-45)43-28-33-48-49-34-27-41-15-7-8-17-47(41)52(49)54-51(48)35-43/h1-35H. The summed E-state index contributed by atoms with van der Waals surface area (Å²) in [5.74, 6) is 0. The molecule has 54 heavy (non-hydrogen) atoms. The van der Waals surface area contributed by atoms with Crippen molar-refractivity contribution in [3.05, 3.63) is 212 Å². The molecule has 1 nitrogen and oxygen atoms in total. The van der Waals surface area contributed by atoms with Crippen molar-refractivity contribution in [1.82, 2.24) is 0 Å². The molecule has 254 valence electrons. The van der Waals surface area contributed by atoms with Crippen LogP contribution in [0.3, 0.4) is 0 Å². The Labute approximate surface area is 319 Å². The number of fused-ring (bicyclic) bond motifs is 5. The third-order valence-electron chi connectivity index (χ3n) is 10.5. The Kier molecular flexibility index (Phi) is 8.09. The van der Waals surface area contributed by atoms with Gasteiger partial charge in [-0.15, -0.1) is 11.3 Å². The van der Waals surface area contributed by atoms with Gasteiger partial charge in [-0.2, -0.15) is 0 Å². The summed E-state index contributed by atoms with van der Waals surface area (Å²) in [4.78, 5) is 2.39. The normalized spacial score (nSPS) is 11.3. The molecular weight excluding hydrogens is 671 g/mol. The van der Waals surface area contributed by atoms with Gasteiger partial charge in [0.2, 0.25) is 0 Å². The van der Waals surface area contributed by atoms with E-state index in [1.54, 1.807) is 0 Å². The second kappa shape index (κ2) is 13.7. The van der Waals surface area contributed by atoms with Crippen molar-refractivity contribution in [2.45, 2.75) is 0 Å². The Hall–Kier alpha value is -6.74. The Balaban J connectivity index is 1.05. The molecule has 0 amide bonds. The van der Waals surface area contributed by atoms with E-state index in [9.17, 15) is 0 Å². The summed E-state index contributed by atoms with van der Waals surface area (Å²) in [6.07, 6.45) is 0. The van der Waals surface area contributed by atoms with Crippen LogP contribution < -0.4 is 4.90 Å². The van der Waals surface area contributed by atoms with E-state index in [0.717, 1.165) is 17.1 Å². The summed E-state index contributed by atoms with van der Waals surface area (Å²) in [5.41, 5.74) is 13.0. The van der Waals surface area contributed by atoms with Crippen LogP contribution in [0.2, 0.25) is 0 Å². The minimum atomic E-state index is 1.11. The molecule has 0 aliphatic heterocycles. The molecule has 0 saturated heterocycles. The fourth-order valence-electron chi connectivity index (χ4n) is 7.73. The molecule has 2 heteroatoms. The van der Waals surface area contributed by atoms with Gasteiger partial charge in [0, 0.05) is 37.1 Å². The van der Waals surface area contributed by atoms with Gasteiger partial charge >= 0.3 is 0 Å². The summed E-state index contributed by atoms with van der Waals surface area (Å²) < 4.78 is 2.67. The molecule has 0 atom stereocenters. The SMILES string of the molecule is c1ccc(-c2ccc(-c3ccccc3N(c3ccc(-c4ccccc4)cc3)c3ccc(-c4ccc5c(c4)sc4c6ccccc6ccc54)cc3)cc2)cc1. The molecule has 0 unspecified atom stereocenters. The van der Waals surface area contributed by atoms with Crippen molar-refractivity contribution in [3.8, 4) is 44.5 Å². The molecule has 0 saturated carbocycles. The predicted molar refractivity (Wildman–Crippen MR) is 233 cm³/mol. The van der Waals surface area contributed by atoms with Crippen molar-refractivity contribution in [2.24, 2.45) is 0 Å². The summed E-state index contributed by atoms with van der Waals surface area (Å²) >= 11 is 1.89. The van der Waals surface area contributed by atoms with Crippen LogP contribution >= 0.6 is 11.3 Å². The molecule has 0 bridgehead atoms. The van der Waals surface area contributed by atoms with E-state index < -0.39 is 0 Å². The van der Waals surface area contributed by atoms with Crippen molar-refractivity contribution < 1.29 is 0 Å². The number of rotatable bonds is 7. The van der Waals surface area contributed by atoms with Crippen LogP contribution in [0.15, 0.2) is 212 Å². The lowest BCUT2D eigenvalue weighted by Crippen LogP contribution is -2.11. The first-order valence-electron chi connectivity index (χ1n) is 18.4. The van der Waals surface area contributed by atoms with Crippen LogP contribution in [0.4, 0.5) is 17.1 Å². The number of para-hydroxylation sites is 1. The lowest BCUT2D eigenvalue weighted by atomic mass is 9.98. The molecular formula is C52H35NS. The van der Waals surface area contributed by atoms with Crippen LogP contribution in [-0.4, -0.2) is 0 Å². The molecule has 0 radical (unpaired) electrons. The molecule has 10 rings (SSSR count). The van der Waals surface area contributed by atoms with Crippen LogP contribution in [0, 0.1) is 0 Å². The van der Waals surface area contributed by atoms with Crippen molar-refractivity contribution in [1.29, 1.82) is 0 Å². The first-order chi connectivity index (χ1) is 26.8. The monoisotopic (exact) mass is 705 g/mol. The average Bonchev–Trinajstić information content (AvgIpc) is 3.64. The first-order valence-corrected chi connectivity index (χ1v) is 19.2. The topological polar surface area (TPSA) is 3.24 Å². The molecule has 0 aliphatic rings. The first kappa shape index (κ1) is 32.0. The fraction of sp³-hybridized carbons (Fsp3) is 0. The fourth-order valence-corrected chi connectivity index (χ4v) is 9.01.